The maximum atomic E-state index is 5.69. The van der Waals surface area contributed by atoms with Crippen LogP contribution in [0, 0.1) is 5.92 Å². The second-order valence-electron chi connectivity index (χ2n) is 6.42. The Kier molecular flexibility index (Phi) is 3.79. The fourth-order valence-corrected chi connectivity index (χ4v) is 3.40. The van der Waals surface area contributed by atoms with Gasteiger partial charge in [0.1, 0.15) is 0 Å². The summed E-state index contributed by atoms with van der Waals surface area (Å²) in [6, 6.07) is 10.5. The number of nitrogens with zero attached hydrogens (tertiary/aromatic N) is 1. The van der Waals surface area contributed by atoms with E-state index in [-0.39, 0.29) is 0 Å². The second kappa shape index (κ2) is 5.54. The molecule has 2 heteroatoms. The lowest BCUT2D eigenvalue weighted by Gasteiger charge is -2.38. The summed E-state index contributed by atoms with van der Waals surface area (Å²) in [5.74, 6) is 0.928. The van der Waals surface area contributed by atoms with Gasteiger partial charge in [-0.3, -0.25) is 0 Å². The van der Waals surface area contributed by atoms with Crippen molar-refractivity contribution in [3.05, 3.63) is 29.8 Å². The van der Waals surface area contributed by atoms with Crippen molar-refractivity contribution in [3.63, 3.8) is 0 Å². The summed E-state index contributed by atoms with van der Waals surface area (Å²) in [6.07, 6.45) is 8.30. The first-order valence-corrected chi connectivity index (χ1v) is 7.85. The molecule has 0 amide bonds. The Morgan fingerprint density at radius 3 is 1.95 bits per heavy atom. The maximum Gasteiger partial charge on any atom is 0.0371 e. The minimum atomic E-state index is 0.644. The van der Waals surface area contributed by atoms with Crippen molar-refractivity contribution in [1.82, 2.24) is 0 Å². The number of benzene rings is 1. The van der Waals surface area contributed by atoms with Gasteiger partial charge in [-0.15, -0.1) is 0 Å². The van der Waals surface area contributed by atoms with E-state index in [0.717, 1.165) is 18.0 Å². The number of hydrogen-bond donors (Lipinski definition) is 1. The second-order valence-corrected chi connectivity index (χ2v) is 6.42. The van der Waals surface area contributed by atoms with Gasteiger partial charge in [-0.1, -0.05) is 19.1 Å². The quantitative estimate of drug-likeness (QED) is 0.892. The standard InChI is InChI=1S/C17H26N2/c1-13-2-6-15(7-3-13)19(17-10-11-17)16-8-4-14(12-18)5-9-16/h4-5,8-9,13,15,17H,2-3,6-7,10-12,18H2,1H3. The molecule has 2 aliphatic rings. The Labute approximate surface area is 117 Å². The van der Waals surface area contributed by atoms with E-state index in [1.807, 2.05) is 0 Å². The maximum absolute atomic E-state index is 5.69. The highest BCUT2D eigenvalue weighted by atomic mass is 15.2. The average molecular weight is 258 g/mol. The van der Waals surface area contributed by atoms with Crippen molar-refractivity contribution in [2.45, 2.75) is 64.1 Å². The normalized spacial score (nSPS) is 27.3. The Morgan fingerprint density at radius 1 is 0.947 bits per heavy atom. The number of nitrogens with two attached hydrogens (primary N) is 1. The molecule has 1 aromatic carbocycles. The molecule has 2 aliphatic carbocycles. The van der Waals surface area contributed by atoms with Crippen molar-refractivity contribution in [3.8, 4) is 0 Å². The summed E-state index contributed by atoms with van der Waals surface area (Å²) in [7, 11) is 0. The zero-order valence-corrected chi connectivity index (χ0v) is 12.0. The SMILES string of the molecule is CC1CCC(N(c2ccc(CN)cc2)C2CC2)CC1. The number of rotatable bonds is 4. The van der Waals surface area contributed by atoms with Crippen LogP contribution < -0.4 is 10.6 Å². The highest BCUT2D eigenvalue weighted by molar-refractivity contribution is 5.51. The summed E-state index contributed by atoms with van der Waals surface area (Å²) >= 11 is 0. The van der Waals surface area contributed by atoms with Gasteiger partial charge in [-0.05, 0) is 62.1 Å². The molecular weight excluding hydrogens is 232 g/mol. The molecule has 0 radical (unpaired) electrons. The van der Waals surface area contributed by atoms with Crippen molar-refractivity contribution in [2.75, 3.05) is 4.90 Å². The molecule has 2 saturated carbocycles. The minimum absolute atomic E-state index is 0.644. The molecule has 1 aromatic rings. The van der Waals surface area contributed by atoms with Gasteiger partial charge in [0.2, 0.25) is 0 Å². The highest BCUT2D eigenvalue weighted by Crippen LogP contribution is 2.38. The topological polar surface area (TPSA) is 29.3 Å². The van der Waals surface area contributed by atoms with Crippen LogP contribution >= 0.6 is 0 Å². The Bertz CT molecular complexity index is 400. The molecule has 0 saturated heterocycles. The average Bonchev–Trinajstić information content (AvgIpc) is 3.27. The van der Waals surface area contributed by atoms with E-state index >= 15 is 0 Å². The van der Waals surface area contributed by atoms with E-state index in [1.165, 1.54) is 49.8 Å². The Hall–Kier alpha value is -1.02. The van der Waals surface area contributed by atoms with Crippen LogP contribution in [0.5, 0.6) is 0 Å². The van der Waals surface area contributed by atoms with Crippen molar-refractivity contribution in [1.29, 1.82) is 0 Å². The van der Waals surface area contributed by atoms with Crippen LogP contribution in [0.15, 0.2) is 24.3 Å². The smallest absolute Gasteiger partial charge is 0.0371 e. The highest BCUT2D eigenvalue weighted by Gasteiger charge is 2.35. The first-order chi connectivity index (χ1) is 9.28. The molecule has 0 heterocycles. The molecule has 0 aliphatic heterocycles. The summed E-state index contributed by atoms with van der Waals surface area (Å²) in [5, 5.41) is 0. The summed E-state index contributed by atoms with van der Waals surface area (Å²) < 4.78 is 0. The zero-order valence-electron chi connectivity index (χ0n) is 12.0. The third kappa shape index (κ3) is 2.94. The van der Waals surface area contributed by atoms with E-state index in [4.69, 9.17) is 5.73 Å². The molecule has 3 rings (SSSR count). The van der Waals surface area contributed by atoms with E-state index < -0.39 is 0 Å². The molecule has 0 atom stereocenters. The molecule has 2 nitrogen and oxygen atoms in total. The molecule has 19 heavy (non-hydrogen) atoms. The van der Waals surface area contributed by atoms with Crippen molar-refractivity contribution < 1.29 is 0 Å². The van der Waals surface area contributed by atoms with Gasteiger partial charge >= 0.3 is 0 Å². The predicted molar refractivity (Wildman–Crippen MR) is 81.3 cm³/mol. The monoisotopic (exact) mass is 258 g/mol. The molecule has 104 valence electrons. The molecule has 0 aromatic heterocycles. The zero-order chi connectivity index (χ0) is 13.2. The van der Waals surface area contributed by atoms with Crippen LogP contribution in [0.1, 0.15) is 51.0 Å². The Morgan fingerprint density at radius 2 is 1.47 bits per heavy atom. The molecular formula is C17H26N2. The van der Waals surface area contributed by atoms with Gasteiger partial charge in [0.05, 0.1) is 0 Å². The lowest BCUT2D eigenvalue weighted by molar-refractivity contribution is 0.332. The number of anilines is 1. The largest absolute Gasteiger partial charge is 0.366 e. The summed E-state index contributed by atoms with van der Waals surface area (Å²) in [6.45, 7) is 3.04. The van der Waals surface area contributed by atoms with Gasteiger partial charge in [0, 0.05) is 24.3 Å². The Balaban J connectivity index is 1.76. The van der Waals surface area contributed by atoms with Gasteiger partial charge in [-0.2, -0.15) is 0 Å². The lowest BCUT2D eigenvalue weighted by atomic mass is 9.86. The minimum Gasteiger partial charge on any atom is -0.366 e. The lowest BCUT2D eigenvalue weighted by Crippen LogP contribution is -2.39. The van der Waals surface area contributed by atoms with Gasteiger partial charge in [0.25, 0.3) is 0 Å². The van der Waals surface area contributed by atoms with Crippen LogP contribution in [-0.4, -0.2) is 12.1 Å². The van der Waals surface area contributed by atoms with E-state index in [1.54, 1.807) is 0 Å². The fraction of sp³-hybridized carbons (Fsp3) is 0.647. The predicted octanol–water partition coefficient (Wildman–Crippen LogP) is 3.69. The first-order valence-electron chi connectivity index (χ1n) is 7.85. The number of hydrogen-bond acceptors (Lipinski definition) is 2. The third-order valence-electron chi connectivity index (χ3n) is 4.79. The third-order valence-corrected chi connectivity index (χ3v) is 4.79. The summed E-state index contributed by atoms with van der Waals surface area (Å²) in [5.41, 5.74) is 8.34. The van der Waals surface area contributed by atoms with E-state index in [9.17, 15) is 0 Å². The van der Waals surface area contributed by atoms with Gasteiger partial charge < -0.3 is 10.6 Å². The summed E-state index contributed by atoms with van der Waals surface area (Å²) in [4.78, 5) is 2.71. The molecule has 2 fully saturated rings. The van der Waals surface area contributed by atoms with Crippen molar-refractivity contribution in [2.24, 2.45) is 11.7 Å². The molecule has 0 unspecified atom stereocenters. The molecule has 2 N–H and O–H groups in total. The molecule has 0 bridgehead atoms. The van der Waals surface area contributed by atoms with Gasteiger partial charge in [-0.25, -0.2) is 0 Å². The van der Waals surface area contributed by atoms with Crippen LogP contribution in [0.25, 0.3) is 0 Å². The van der Waals surface area contributed by atoms with E-state index in [2.05, 4.69) is 36.1 Å². The first kappa shape index (κ1) is 13.0. The molecule has 0 spiro atoms. The van der Waals surface area contributed by atoms with E-state index in [0.29, 0.717) is 6.54 Å². The van der Waals surface area contributed by atoms with Crippen LogP contribution in [0.4, 0.5) is 5.69 Å². The van der Waals surface area contributed by atoms with Crippen LogP contribution in [0.2, 0.25) is 0 Å². The fourth-order valence-electron chi connectivity index (χ4n) is 3.40. The van der Waals surface area contributed by atoms with Crippen LogP contribution in [-0.2, 0) is 6.54 Å². The van der Waals surface area contributed by atoms with Crippen molar-refractivity contribution >= 4 is 5.69 Å². The van der Waals surface area contributed by atoms with Gasteiger partial charge in [0.15, 0.2) is 0 Å². The van der Waals surface area contributed by atoms with Crippen LogP contribution in [0.3, 0.4) is 0 Å².